The summed E-state index contributed by atoms with van der Waals surface area (Å²) in [6, 6.07) is 21.5. The molecular weight excluding hydrogens is 512 g/mol. The summed E-state index contributed by atoms with van der Waals surface area (Å²) in [6.45, 7) is 0. The number of hydrogen-bond acceptors (Lipinski definition) is 6. The van der Waals surface area contributed by atoms with E-state index in [1.807, 2.05) is 0 Å². The second-order valence-electron chi connectivity index (χ2n) is 8.17. The normalized spacial score (nSPS) is 11.9. The standard InChI is InChI=1S/C26H24N4O5S2/c1-36(32,33)29-22-6-4-5-21(17-22)20-10-12-23(13-11-20)37(34,35)30-16-15-19(18-30)9-14-26(31)28-25-8-3-2-7-24(25)27/h2-18,29H,27H2,1H3,(H,28,31). The average molecular weight is 537 g/mol. The average Bonchev–Trinajstić information content (AvgIpc) is 3.34. The molecule has 0 radical (unpaired) electrons. The smallest absolute Gasteiger partial charge is 0.267 e. The molecule has 1 aromatic heterocycles. The van der Waals surface area contributed by atoms with E-state index in [-0.39, 0.29) is 4.90 Å². The van der Waals surface area contributed by atoms with Crippen LogP contribution in [0.15, 0.2) is 102 Å². The highest BCUT2D eigenvalue weighted by molar-refractivity contribution is 7.92. The lowest BCUT2D eigenvalue weighted by Gasteiger charge is -2.09. The van der Waals surface area contributed by atoms with Crippen molar-refractivity contribution in [1.82, 2.24) is 3.97 Å². The lowest BCUT2D eigenvalue weighted by molar-refractivity contribution is -0.111. The molecule has 0 aliphatic heterocycles. The van der Waals surface area contributed by atoms with Gasteiger partial charge in [-0.3, -0.25) is 9.52 Å². The van der Waals surface area contributed by atoms with E-state index in [4.69, 9.17) is 5.73 Å². The summed E-state index contributed by atoms with van der Waals surface area (Å²) in [5.41, 5.74) is 9.11. The van der Waals surface area contributed by atoms with Gasteiger partial charge < -0.3 is 11.1 Å². The highest BCUT2D eigenvalue weighted by atomic mass is 32.2. The molecule has 1 amide bonds. The Balaban J connectivity index is 1.48. The van der Waals surface area contributed by atoms with Crippen LogP contribution in [0.25, 0.3) is 17.2 Å². The Labute approximate surface area is 215 Å². The van der Waals surface area contributed by atoms with Crippen molar-refractivity contribution in [2.75, 3.05) is 22.0 Å². The summed E-state index contributed by atoms with van der Waals surface area (Å²) in [5.74, 6) is -0.403. The molecular formula is C26H24N4O5S2. The predicted octanol–water partition coefficient (Wildman–Crippen LogP) is 4.00. The number of nitrogens with one attached hydrogen (secondary N) is 2. The number of nitrogen functional groups attached to an aromatic ring is 1. The number of amides is 1. The highest BCUT2D eigenvalue weighted by Gasteiger charge is 2.17. The van der Waals surface area contributed by atoms with Crippen LogP contribution < -0.4 is 15.8 Å². The molecule has 0 fully saturated rings. The fraction of sp³-hybridized carbons (Fsp3) is 0.0385. The molecule has 0 saturated heterocycles. The van der Waals surface area contributed by atoms with Crippen LogP contribution in [0.5, 0.6) is 0 Å². The van der Waals surface area contributed by atoms with Crippen LogP contribution in [0, 0.1) is 0 Å². The first kappa shape index (κ1) is 25.7. The highest BCUT2D eigenvalue weighted by Crippen LogP contribution is 2.25. The molecule has 0 aliphatic carbocycles. The Hall–Kier alpha value is -4.35. The van der Waals surface area contributed by atoms with Gasteiger partial charge in [0.25, 0.3) is 10.0 Å². The van der Waals surface area contributed by atoms with Crippen LogP contribution >= 0.6 is 0 Å². The third-order valence-electron chi connectivity index (χ3n) is 5.26. The van der Waals surface area contributed by atoms with Crippen molar-refractivity contribution < 1.29 is 21.6 Å². The van der Waals surface area contributed by atoms with E-state index in [0.717, 1.165) is 21.4 Å². The maximum atomic E-state index is 13.1. The Morgan fingerprint density at radius 3 is 2.32 bits per heavy atom. The molecule has 0 unspecified atom stereocenters. The number of carbonyl (C=O) groups is 1. The first-order valence-corrected chi connectivity index (χ1v) is 14.3. The third-order valence-corrected chi connectivity index (χ3v) is 7.52. The van der Waals surface area contributed by atoms with E-state index >= 15 is 0 Å². The molecule has 3 aromatic carbocycles. The van der Waals surface area contributed by atoms with E-state index in [1.165, 1.54) is 36.7 Å². The first-order chi connectivity index (χ1) is 17.5. The van der Waals surface area contributed by atoms with Gasteiger partial charge in [0.05, 0.1) is 22.5 Å². The summed E-state index contributed by atoms with van der Waals surface area (Å²) in [5, 5.41) is 2.67. The minimum absolute atomic E-state index is 0.0742. The van der Waals surface area contributed by atoms with Crippen molar-refractivity contribution in [3.63, 3.8) is 0 Å². The number of aromatic nitrogens is 1. The summed E-state index contributed by atoms with van der Waals surface area (Å²) in [4.78, 5) is 12.3. The number of para-hydroxylation sites is 2. The summed E-state index contributed by atoms with van der Waals surface area (Å²) >= 11 is 0. The first-order valence-electron chi connectivity index (χ1n) is 11.0. The summed E-state index contributed by atoms with van der Waals surface area (Å²) < 4.78 is 52.7. The molecule has 4 aromatic rings. The van der Waals surface area contributed by atoms with Crippen LogP contribution in [0.3, 0.4) is 0 Å². The van der Waals surface area contributed by atoms with Crippen LogP contribution in [-0.2, 0) is 24.8 Å². The van der Waals surface area contributed by atoms with Gasteiger partial charge in [0, 0.05) is 24.2 Å². The van der Waals surface area contributed by atoms with Crippen LogP contribution in [0.1, 0.15) is 5.56 Å². The molecule has 0 bridgehead atoms. The van der Waals surface area contributed by atoms with Gasteiger partial charge in [-0.15, -0.1) is 0 Å². The predicted molar refractivity (Wildman–Crippen MR) is 146 cm³/mol. The lowest BCUT2D eigenvalue weighted by Crippen LogP contribution is -2.11. The monoisotopic (exact) mass is 536 g/mol. The number of nitrogens with two attached hydrogens (primary N) is 1. The number of carbonyl (C=O) groups excluding carboxylic acids is 1. The van der Waals surface area contributed by atoms with Crippen molar-refractivity contribution in [2.45, 2.75) is 4.90 Å². The van der Waals surface area contributed by atoms with Gasteiger partial charge in [0.2, 0.25) is 15.9 Å². The largest absolute Gasteiger partial charge is 0.397 e. The fourth-order valence-corrected chi connectivity index (χ4v) is 5.28. The van der Waals surface area contributed by atoms with Crippen molar-refractivity contribution >= 4 is 49.1 Å². The van der Waals surface area contributed by atoms with Gasteiger partial charge in [-0.05, 0) is 65.2 Å². The van der Waals surface area contributed by atoms with E-state index in [0.29, 0.717) is 22.6 Å². The number of nitrogens with zero attached hydrogens (tertiary/aromatic N) is 1. The number of benzene rings is 3. The van der Waals surface area contributed by atoms with Gasteiger partial charge >= 0.3 is 0 Å². The minimum Gasteiger partial charge on any atom is -0.397 e. The maximum Gasteiger partial charge on any atom is 0.267 e. The lowest BCUT2D eigenvalue weighted by atomic mass is 10.1. The number of rotatable bonds is 8. The van der Waals surface area contributed by atoms with E-state index in [2.05, 4.69) is 10.0 Å². The van der Waals surface area contributed by atoms with Gasteiger partial charge in [0.1, 0.15) is 0 Å². The Morgan fingerprint density at radius 1 is 0.892 bits per heavy atom. The number of hydrogen-bond donors (Lipinski definition) is 3. The molecule has 37 heavy (non-hydrogen) atoms. The third kappa shape index (κ3) is 6.46. The molecule has 4 N–H and O–H groups in total. The van der Waals surface area contributed by atoms with Gasteiger partial charge in [0.15, 0.2) is 0 Å². The van der Waals surface area contributed by atoms with Gasteiger partial charge in [-0.25, -0.2) is 20.8 Å². The van der Waals surface area contributed by atoms with Gasteiger partial charge in [-0.2, -0.15) is 0 Å². The zero-order valence-corrected chi connectivity index (χ0v) is 21.3. The molecule has 1 heterocycles. The molecule has 0 spiro atoms. The van der Waals surface area contributed by atoms with Crippen molar-refractivity contribution in [3.05, 3.63) is 103 Å². The number of sulfonamides is 1. The molecule has 11 heteroatoms. The van der Waals surface area contributed by atoms with Crippen molar-refractivity contribution in [3.8, 4) is 11.1 Å². The molecule has 0 atom stereocenters. The van der Waals surface area contributed by atoms with Crippen LogP contribution in [0.4, 0.5) is 17.1 Å². The molecule has 4 rings (SSSR count). The van der Waals surface area contributed by atoms with E-state index in [9.17, 15) is 21.6 Å². The minimum atomic E-state index is -3.87. The molecule has 0 saturated carbocycles. The molecule has 0 aliphatic rings. The Kier molecular flexibility index (Phi) is 7.18. The Bertz CT molecular complexity index is 1690. The van der Waals surface area contributed by atoms with E-state index < -0.39 is 26.0 Å². The Morgan fingerprint density at radius 2 is 1.62 bits per heavy atom. The van der Waals surface area contributed by atoms with Crippen molar-refractivity contribution in [1.29, 1.82) is 0 Å². The SMILES string of the molecule is CS(=O)(=O)Nc1cccc(-c2ccc(S(=O)(=O)n3ccc(C=CC(=O)Nc4ccccc4N)c3)cc2)c1. The topological polar surface area (TPSA) is 140 Å². The van der Waals surface area contributed by atoms with Crippen molar-refractivity contribution in [2.24, 2.45) is 0 Å². The zero-order chi connectivity index (χ0) is 26.6. The zero-order valence-electron chi connectivity index (χ0n) is 19.7. The summed E-state index contributed by atoms with van der Waals surface area (Å²) in [6.07, 6.45) is 6.67. The van der Waals surface area contributed by atoms with Crippen LogP contribution in [-0.4, -0.2) is 33.0 Å². The summed E-state index contributed by atoms with van der Waals surface area (Å²) in [7, 11) is -7.29. The number of anilines is 3. The molecule has 190 valence electrons. The van der Waals surface area contributed by atoms with Gasteiger partial charge in [-0.1, -0.05) is 36.4 Å². The van der Waals surface area contributed by atoms with Crippen LogP contribution in [0.2, 0.25) is 0 Å². The fourth-order valence-electron chi connectivity index (χ4n) is 3.52. The molecule has 9 nitrogen and oxygen atoms in total. The maximum absolute atomic E-state index is 13.1. The quantitative estimate of drug-likeness (QED) is 0.230. The van der Waals surface area contributed by atoms with E-state index in [1.54, 1.807) is 66.7 Å². The second kappa shape index (κ2) is 10.3. The second-order valence-corrected chi connectivity index (χ2v) is 11.8.